The lowest BCUT2D eigenvalue weighted by molar-refractivity contribution is -0.126. The van der Waals surface area contributed by atoms with Crippen molar-refractivity contribution >= 4 is 17.5 Å². The Labute approximate surface area is 164 Å². The number of rotatable bonds is 5. The maximum atomic E-state index is 12.6. The molecule has 142 valence electrons. The lowest BCUT2D eigenvalue weighted by atomic mass is 9.53. The van der Waals surface area contributed by atoms with Crippen LogP contribution in [0.1, 0.15) is 50.8 Å². The van der Waals surface area contributed by atoms with Gasteiger partial charge in [-0.2, -0.15) is 0 Å². The van der Waals surface area contributed by atoms with E-state index in [1.54, 1.807) is 6.20 Å². The number of carbonyl (C=O) groups is 1. The molecule has 2 aromatic rings. The second-order valence-electron chi connectivity index (χ2n) is 8.84. The van der Waals surface area contributed by atoms with Gasteiger partial charge in [0.25, 0.3) is 0 Å². The van der Waals surface area contributed by atoms with Gasteiger partial charge in [0.1, 0.15) is 0 Å². The van der Waals surface area contributed by atoms with E-state index < -0.39 is 0 Å². The second kappa shape index (κ2) is 6.66. The second-order valence-corrected chi connectivity index (χ2v) is 9.25. The number of nitrogens with one attached hydrogen (secondary N) is 1. The third-order valence-electron chi connectivity index (χ3n) is 6.70. The number of carbonyl (C=O) groups excluding carboxylic acids is 1. The predicted octanol–water partition coefficient (Wildman–Crippen LogP) is 5.01. The van der Waals surface area contributed by atoms with Crippen molar-refractivity contribution in [3.05, 3.63) is 41.4 Å². The van der Waals surface area contributed by atoms with Gasteiger partial charge in [-0.25, -0.2) is 4.98 Å². The molecule has 6 rings (SSSR count). The number of oxazole rings is 1. The highest BCUT2D eigenvalue weighted by atomic mass is 35.5. The molecular weight excluding hydrogens is 360 g/mol. The van der Waals surface area contributed by atoms with Gasteiger partial charge in [0.05, 0.1) is 11.2 Å². The minimum absolute atomic E-state index is 0.0746. The Morgan fingerprint density at radius 1 is 1.15 bits per heavy atom. The Morgan fingerprint density at radius 2 is 1.81 bits per heavy atom. The number of nitrogens with zero attached hydrogens (tertiary/aromatic N) is 1. The average molecular weight is 385 g/mol. The Kier molecular flexibility index (Phi) is 4.27. The molecule has 1 aromatic heterocycles. The van der Waals surface area contributed by atoms with Gasteiger partial charge in [0.2, 0.25) is 5.91 Å². The van der Waals surface area contributed by atoms with Crippen LogP contribution in [0.25, 0.3) is 11.3 Å². The third kappa shape index (κ3) is 3.40. The zero-order valence-electron chi connectivity index (χ0n) is 15.4. The summed E-state index contributed by atoms with van der Waals surface area (Å²) in [6, 6.07) is 7.55. The number of hydrogen-bond acceptors (Lipinski definition) is 3. The van der Waals surface area contributed by atoms with Crippen LogP contribution in [0.5, 0.6) is 0 Å². The van der Waals surface area contributed by atoms with E-state index in [4.69, 9.17) is 16.0 Å². The number of halogens is 1. The normalized spacial score (nSPS) is 31.2. The van der Waals surface area contributed by atoms with E-state index >= 15 is 0 Å². The SMILES string of the molecule is O=C(CCc1ncc(-c2ccccc2Cl)o1)NC12CC3CC(CC(C3)C1)C2. The van der Waals surface area contributed by atoms with Crippen molar-refractivity contribution in [3.8, 4) is 11.3 Å². The summed E-state index contributed by atoms with van der Waals surface area (Å²) >= 11 is 6.22. The van der Waals surface area contributed by atoms with Gasteiger partial charge in [-0.3, -0.25) is 4.79 Å². The molecule has 0 saturated heterocycles. The fourth-order valence-electron chi connectivity index (χ4n) is 6.05. The zero-order chi connectivity index (χ0) is 18.4. The molecule has 4 bridgehead atoms. The Balaban J connectivity index is 1.20. The fraction of sp³-hybridized carbons (Fsp3) is 0.545. The van der Waals surface area contributed by atoms with Crippen molar-refractivity contribution < 1.29 is 9.21 Å². The van der Waals surface area contributed by atoms with E-state index in [0.29, 0.717) is 29.5 Å². The molecule has 4 nitrogen and oxygen atoms in total. The molecule has 0 spiro atoms. The molecule has 4 saturated carbocycles. The van der Waals surface area contributed by atoms with Gasteiger partial charge in [-0.05, 0) is 68.4 Å². The predicted molar refractivity (Wildman–Crippen MR) is 104 cm³/mol. The maximum Gasteiger partial charge on any atom is 0.220 e. The number of aromatic nitrogens is 1. The lowest BCUT2D eigenvalue weighted by Crippen LogP contribution is -2.59. The first-order valence-corrected chi connectivity index (χ1v) is 10.5. The highest BCUT2D eigenvalue weighted by Crippen LogP contribution is 2.55. The Morgan fingerprint density at radius 3 is 2.48 bits per heavy atom. The van der Waals surface area contributed by atoms with Gasteiger partial charge < -0.3 is 9.73 Å². The smallest absolute Gasteiger partial charge is 0.220 e. The van der Waals surface area contributed by atoms with Crippen LogP contribution in [0.3, 0.4) is 0 Å². The summed E-state index contributed by atoms with van der Waals surface area (Å²) in [7, 11) is 0. The van der Waals surface area contributed by atoms with Crippen molar-refractivity contribution in [2.75, 3.05) is 0 Å². The number of benzene rings is 1. The molecule has 4 fully saturated rings. The first-order chi connectivity index (χ1) is 13.1. The lowest BCUT2D eigenvalue weighted by Gasteiger charge is -2.56. The zero-order valence-corrected chi connectivity index (χ0v) is 16.2. The molecule has 27 heavy (non-hydrogen) atoms. The van der Waals surface area contributed by atoms with Crippen LogP contribution in [0.4, 0.5) is 0 Å². The van der Waals surface area contributed by atoms with E-state index in [1.165, 1.54) is 38.5 Å². The molecule has 1 heterocycles. The van der Waals surface area contributed by atoms with Crippen LogP contribution >= 0.6 is 11.6 Å². The average Bonchev–Trinajstić information content (AvgIpc) is 3.07. The van der Waals surface area contributed by atoms with Crippen LogP contribution in [0.2, 0.25) is 5.02 Å². The Hall–Kier alpha value is -1.81. The van der Waals surface area contributed by atoms with Crippen LogP contribution in [-0.2, 0) is 11.2 Å². The number of aryl methyl sites for hydroxylation is 1. The van der Waals surface area contributed by atoms with E-state index in [2.05, 4.69) is 10.3 Å². The molecule has 1 aromatic carbocycles. The van der Waals surface area contributed by atoms with E-state index in [9.17, 15) is 4.79 Å². The van der Waals surface area contributed by atoms with Crippen molar-refractivity contribution in [3.63, 3.8) is 0 Å². The molecule has 0 atom stereocenters. The molecule has 0 unspecified atom stereocenters. The molecule has 5 heteroatoms. The third-order valence-corrected chi connectivity index (χ3v) is 7.03. The molecule has 4 aliphatic rings. The van der Waals surface area contributed by atoms with Crippen molar-refractivity contribution in [1.82, 2.24) is 10.3 Å². The number of amides is 1. The first kappa shape index (κ1) is 17.3. The summed E-state index contributed by atoms with van der Waals surface area (Å²) in [5.41, 5.74) is 0.904. The van der Waals surface area contributed by atoms with E-state index in [-0.39, 0.29) is 11.4 Å². The standard InChI is InChI=1S/C22H25ClN2O2/c23-18-4-2-1-3-17(18)19-13-24-21(27-19)6-5-20(26)25-22-10-14-7-15(11-22)9-16(8-14)12-22/h1-4,13-16H,5-12H2,(H,25,26). The molecule has 4 aliphatic carbocycles. The van der Waals surface area contributed by atoms with Crippen molar-refractivity contribution in [1.29, 1.82) is 0 Å². The summed E-state index contributed by atoms with van der Waals surface area (Å²) in [5.74, 6) is 3.88. The summed E-state index contributed by atoms with van der Waals surface area (Å²) in [5, 5.41) is 4.05. The molecular formula is C22H25ClN2O2. The summed E-state index contributed by atoms with van der Waals surface area (Å²) in [6.45, 7) is 0. The molecule has 0 radical (unpaired) electrons. The van der Waals surface area contributed by atoms with Crippen LogP contribution in [0.15, 0.2) is 34.9 Å². The maximum absolute atomic E-state index is 12.6. The van der Waals surface area contributed by atoms with Crippen LogP contribution in [0, 0.1) is 17.8 Å². The highest BCUT2D eigenvalue weighted by Gasteiger charge is 2.51. The number of hydrogen-bond donors (Lipinski definition) is 1. The van der Waals surface area contributed by atoms with E-state index in [1.807, 2.05) is 24.3 Å². The summed E-state index contributed by atoms with van der Waals surface area (Å²) in [6.07, 6.45) is 10.3. The quantitative estimate of drug-likeness (QED) is 0.788. The van der Waals surface area contributed by atoms with Gasteiger partial charge in [0.15, 0.2) is 11.7 Å². The topological polar surface area (TPSA) is 55.1 Å². The molecule has 0 aliphatic heterocycles. The van der Waals surface area contributed by atoms with Crippen molar-refractivity contribution in [2.24, 2.45) is 17.8 Å². The highest BCUT2D eigenvalue weighted by molar-refractivity contribution is 6.33. The van der Waals surface area contributed by atoms with Crippen LogP contribution < -0.4 is 5.32 Å². The molecule has 1 N–H and O–H groups in total. The minimum atomic E-state index is 0.0746. The summed E-state index contributed by atoms with van der Waals surface area (Å²) in [4.78, 5) is 17.0. The van der Waals surface area contributed by atoms with Gasteiger partial charge in [-0.15, -0.1) is 0 Å². The monoisotopic (exact) mass is 384 g/mol. The van der Waals surface area contributed by atoms with Crippen LogP contribution in [-0.4, -0.2) is 16.4 Å². The Bertz CT molecular complexity index is 824. The fourth-order valence-corrected chi connectivity index (χ4v) is 6.28. The molecule has 1 amide bonds. The first-order valence-electron chi connectivity index (χ1n) is 10.1. The van der Waals surface area contributed by atoms with Gasteiger partial charge in [-0.1, -0.05) is 23.7 Å². The minimum Gasteiger partial charge on any atom is -0.441 e. The van der Waals surface area contributed by atoms with Crippen molar-refractivity contribution in [2.45, 2.75) is 56.9 Å². The summed E-state index contributed by atoms with van der Waals surface area (Å²) < 4.78 is 5.82. The van der Waals surface area contributed by atoms with Gasteiger partial charge in [0, 0.05) is 23.9 Å². The van der Waals surface area contributed by atoms with Gasteiger partial charge >= 0.3 is 0 Å². The van der Waals surface area contributed by atoms with E-state index in [0.717, 1.165) is 23.3 Å². The largest absolute Gasteiger partial charge is 0.441 e.